The summed E-state index contributed by atoms with van der Waals surface area (Å²) in [6, 6.07) is 1.80. The van der Waals surface area contributed by atoms with E-state index in [4.69, 9.17) is 10.5 Å². The van der Waals surface area contributed by atoms with Crippen molar-refractivity contribution in [3.05, 3.63) is 17.6 Å². The molecule has 0 aromatic carbocycles. The van der Waals surface area contributed by atoms with Crippen molar-refractivity contribution in [1.82, 2.24) is 9.97 Å². The first-order valence-electron chi connectivity index (χ1n) is 6.85. The van der Waals surface area contributed by atoms with E-state index in [0.717, 1.165) is 17.4 Å². The Morgan fingerprint density at radius 3 is 2.61 bits per heavy atom. The van der Waals surface area contributed by atoms with E-state index in [9.17, 15) is 0 Å². The summed E-state index contributed by atoms with van der Waals surface area (Å²) < 4.78 is 5.11. The maximum atomic E-state index is 5.84. The summed E-state index contributed by atoms with van der Waals surface area (Å²) in [7, 11) is 1.67. The lowest BCUT2D eigenvalue weighted by Gasteiger charge is -2.27. The molecule has 1 aromatic rings. The SMILES string of the molecule is CCC1CCC(c2nc(N)cc(COC)n2)CC1. The van der Waals surface area contributed by atoms with Gasteiger partial charge in [-0.05, 0) is 31.6 Å². The largest absolute Gasteiger partial charge is 0.384 e. The first-order chi connectivity index (χ1) is 8.72. The van der Waals surface area contributed by atoms with Gasteiger partial charge in [-0.15, -0.1) is 0 Å². The van der Waals surface area contributed by atoms with Crippen LogP contribution in [0.25, 0.3) is 0 Å². The van der Waals surface area contributed by atoms with Crippen LogP contribution < -0.4 is 5.73 Å². The summed E-state index contributed by atoms with van der Waals surface area (Å²) in [6.45, 7) is 2.78. The van der Waals surface area contributed by atoms with E-state index in [-0.39, 0.29) is 0 Å². The molecule has 1 aliphatic carbocycles. The minimum atomic E-state index is 0.479. The molecule has 0 amide bonds. The van der Waals surface area contributed by atoms with Crippen LogP contribution in [0.5, 0.6) is 0 Å². The molecule has 100 valence electrons. The molecule has 1 aromatic heterocycles. The van der Waals surface area contributed by atoms with Crippen LogP contribution >= 0.6 is 0 Å². The normalized spacial score (nSPS) is 24.1. The summed E-state index contributed by atoms with van der Waals surface area (Å²) >= 11 is 0. The zero-order valence-electron chi connectivity index (χ0n) is 11.4. The monoisotopic (exact) mass is 249 g/mol. The number of rotatable bonds is 4. The van der Waals surface area contributed by atoms with Crippen LogP contribution in [-0.2, 0) is 11.3 Å². The zero-order valence-corrected chi connectivity index (χ0v) is 11.4. The Morgan fingerprint density at radius 2 is 2.00 bits per heavy atom. The van der Waals surface area contributed by atoms with Crippen molar-refractivity contribution in [1.29, 1.82) is 0 Å². The second-order valence-corrected chi connectivity index (χ2v) is 5.20. The van der Waals surface area contributed by atoms with Crippen molar-refractivity contribution in [3.63, 3.8) is 0 Å². The van der Waals surface area contributed by atoms with Gasteiger partial charge in [-0.1, -0.05) is 13.3 Å². The highest BCUT2D eigenvalue weighted by molar-refractivity contribution is 5.30. The van der Waals surface area contributed by atoms with E-state index in [2.05, 4.69) is 16.9 Å². The van der Waals surface area contributed by atoms with Gasteiger partial charge in [0, 0.05) is 19.1 Å². The minimum Gasteiger partial charge on any atom is -0.384 e. The van der Waals surface area contributed by atoms with Crippen LogP contribution in [0.1, 0.15) is 56.5 Å². The molecule has 0 saturated heterocycles. The fraction of sp³-hybridized carbons (Fsp3) is 0.714. The summed E-state index contributed by atoms with van der Waals surface area (Å²) in [4.78, 5) is 8.98. The predicted molar refractivity (Wildman–Crippen MR) is 72.1 cm³/mol. The van der Waals surface area contributed by atoms with E-state index in [0.29, 0.717) is 18.3 Å². The molecule has 1 heterocycles. The molecule has 0 spiro atoms. The van der Waals surface area contributed by atoms with Gasteiger partial charge in [0.2, 0.25) is 0 Å². The van der Waals surface area contributed by atoms with E-state index in [1.54, 1.807) is 13.2 Å². The third-order valence-electron chi connectivity index (χ3n) is 3.90. The molecule has 0 unspecified atom stereocenters. The Bertz CT molecular complexity index is 387. The topological polar surface area (TPSA) is 61.0 Å². The van der Waals surface area contributed by atoms with Gasteiger partial charge in [0.05, 0.1) is 12.3 Å². The number of anilines is 1. The molecule has 0 bridgehead atoms. The molecule has 4 heteroatoms. The minimum absolute atomic E-state index is 0.479. The van der Waals surface area contributed by atoms with Gasteiger partial charge in [0.1, 0.15) is 11.6 Å². The van der Waals surface area contributed by atoms with E-state index >= 15 is 0 Å². The smallest absolute Gasteiger partial charge is 0.134 e. The average Bonchev–Trinajstić information content (AvgIpc) is 2.38. The maximum Gasteiger partial charge on any atom is 0.134 e. The lowest BCUT2D eigenvalue weighted by molar-refractivity contribution is 0.181. The fourth-order valence-corrected chi connectivity index (χ4v) is 2.77. The second-order valence-electron chi connectivity index (χ2n) is 5.20. The van der Waals surface area contributed by atoms with Gasteiger partial charge in [0.15, 0.2) is 0 Å². The zero-order chi connectivity index (χ0) is 13.0. The number of hydrogen-bond acceptors (Lipinski definition) is 4. The number of aromatic nitrogens is 2. The first-order valence-corrected chi connectivity index (χ1v) is 6.85. The van der Waals surface area contributed by atoms with E-state index < -0.39 is 0 Å². The highest BCUT2D eigenvalue weighted by Crippen LogP contribution is 2.35. The summed E-state index contributed by atoms with van der Waals surface area (Å²) in [6.07, 6.45) is 6.25. The number of nitrogens with zero attached hydrogens (tertiary/aromatic N) is 2. The van der Waals surface area contributed by atoms with Gasteiger partial charge in [-0.2, -0.15) is 0 Å². The number of nitrogen functional groups attached to an aromatic ring is 1. The highest BCUT2D eigenvalue weighted by Gasteiger charge is 2.23. The van der Waals surface area contributed by atoms with Crippen LogP contribution in [0.2, 0.25) is 0 Å². The van der Waals surface area contributed by atoms with Gasteiger partial charge < -0.3 is 10.5 Å². The van der Waals surface area contributed by atoms with Gasteiger partial charge in [0.25, 0.3) is 0 Å². The molecular weight excluding hydrogens is 226 g/mol. The van der Waals surface area contributed by atoms with Crippen LogP contribution in [0.4, 0.5) is 5.82 Å². The summed E-state index contributed by atoms with van der Waals surface area (Å²) in [5.41, 5.74) is 6.73. The Labute approximate surface area is 109 Å². The third kappa shape index (κ3) is 3.19. The Morgan fingerprint density at radius 1 is 1.28 bits per heavy atom. The third-order valence-corrected chi connectivity index (χ3v) is 3.90. The van der Waals surface area contributed by atoms with Crippen molar-refractivity contribution in [3.8, 4) is 0 Å². The van der Waals surface area contributed by atoms with Crippen molar-refractivity contribution < 1.29 is 4.74 Å². The van der Waals surface area contributed by atoms with Crippen molar-refractivity contribution in [2.45, 2.75) is 51.6 Å². The van der Waals surface area contributed by atoms with Gasteiger partial charge in [-0.25, -0.2) is 9.97 Å². The molecule has 2 N–H and O–H groups in total. The molecule has 0 radical (unpaired) electrons. The lowest BCUT2D eigenvalue weighted by Crippen LogP contribution is -2.16. The van der Waals surface area contributed by atoms with Gasteiger partial charge in [-0.3, -0.25) is 0 Å². The molecule has 2 rings (SSSR count). The first kappa shape index (κ1) is 13.3. The molecule has 1 fully saturated rings. The molecular formula is C14H23N3O. The fourth-order valence-electron chi connectivity index (χ4n) is 2.77. The number of ether oxygens (including phenoxy) is 1. The van der Waals surface area contributed by atoms with E-state index in [1.165, 1.54) is 32.1 Å². The standard InChI is InChI=1S/C14H23N3O/c1-3-10-4-6-11(7-5-10)14-16-12(9-18-2)8-13(15)17-14/h8,10-11H,3-7,9H2,1-2H3,(H2,15,16,17). The van der Waals surface area contributed by atoms with Crippen LogP contribution in [0, 0.1) is 5.92 Å². The second kappa shape index (κ2) is 6.14. The Balaban J connectivity index is 2.08. The quantitative estimate of drug-likeness (QED) is 0.891. The molecule has 4 nitrogen and oxygen atoms in total. The molecule has 18 heavy (non-hydrogen) atoms. The van der Waals surface area contributed by atoms with Crippen LogP contribution in [0.3, 0.4) is 0 Å². The summed E-state index contributed by atoms with van der Waals surface area (Å²) in [5, 5.41) is 0. The number of methoxy groups -OCH3 is 1. The van der Waals surface area contributed by atoms with Crippen LogP contribution in [-0.4, -0.2) is 17.1 Å². The average molecular weight is 249 g/mol. The molecule has 1 aliphatic rings. The Kier molecular flexibility index (Phi) is 4.53. The lowest BCUT2D eigenvalue weighted by atomic mass is 9.80. The van der Waals surface area contributed by atoms with E-state index in [1.807, 2.05) is 0 Å². The molecule has 0 atom stereocenters. The number of hydrogen-bond donors (Lipinski definition) is 1. The highest BCUT2D eigenvalue weighted by atomic mass is 16.5. The van der Waals surface area contributed by atoms with Crippen LogP contribution in [0.15, 0.2) is 6.07 Å². The van der Waals surface area contributed by atoms with Gasteiger partial charge >= 0.3 is 0 Å². The molecule has 1 saturated carbocycles. The maximum absolute atomic E-state index is 5.84. The number of nitrogens with two attached hydrogens (primary N) is 1. The Hall–Kier alpha value is -1.16. The summed E-state index contributed by atoms with van der Waals surface area (Å²) in [5.74, 6) is 2.84. The molecule has 0 aliphatic heterocycles. The van der Waals surface area contributed by atoms with Crippen molar-refractivity contribution >= 4 is 5.82 Å². The van der Waals surface area contributed by atoms with Crippen molar-refractivity contribution in [2.24, 2.45) is 5.92 Å². The van der Waals surface area contributed by atoms with Crippen molar-refractivity contribution in [2.75, 3.05) is 12.8 Å². The predicted octanol–water partition coefficient (Wildman–Crippen LogP) is 2.89.